The number of allylic oxidation sites excluding steroid dienone is 6. The van der Waals surface area contributed by atoms with Crippen LogP contribution in [0, 0.1) is 24.0 Å². The summed E-state index contributed by atoms with van der Waals surface area (Å²) < 4.78 is 0. The highest BCUT2D eigenvalue weighted by atomic mass is 16.6. The van der Waals surface area contributed by atoms with Crippen molar-refractivity contribution in [2.24, 2.45) is 15.4 Å². The van der Waals surface area contributed by atoms with Gasteiger partial charge in [-0.05, 0) is 67.3 Å². The number of nitrogens with zero attached hydrogens (tertiary/aromatic N) is 6. The summed E-state index contributed by atoms with van der Waals surface area (Å²) in [4.78, 5) is 59.0. The predicted molar refractivity (Wildman–Crippen MR) is 126 cm³/mol. The zero-order valence-corrected chi connectivity index (χ0v) is 20.0. The number of carbonyl (C=O) groups is 4. The lowest BCUT2D eigenvalue weighted by atomic mass is 9.79. The van der Waals surface area contributed by atoms with Crippen molar-refractivity contribution in [2.75, 3.05) is 0 Å². The number of nitro benzene ring substituents is 1. The van der Waals surface area contributed by atoms with Gasteiger partial charge in [-0.1, -0.05) is 0 Å². The number of Topliss-reactive ketones (excluding diaryl/α,β-unsaturated/α-hetero) is 1. The first-order valence-corrected chi connectivity index (χ1v) is 11.0. The predicted octanol–water partition coefficient (Wildman–Crippen LogP) is 2.99. The number of aromatic nitrogens is 3. The number of hydrogen-bond donors (Lipinski definition) is 1. The molecule has 37 heavy (non-hydrogen) atoms. The van der Waals surface area contributed by atoms with Crippen LogP contribution in [0.5, 0.6) is 0 Å². The normalized spacial score (nSPS) is 17.5. The molecule has 0 bridgehead atoms. The molecule has 0 fully saturated rings. The number of nitrogens with one attached hydrogen (secondary N) is 1. The second-order valence-electron chi connectivity index (χ2n) is 8.78. The molecule has 184 valence electrons. The fourth-order valence-corrected chi connectivity index (χ4v) is 4.57. The van der Waals surface area contributed by atoms with Gasteiger partial charge in [-0.3, -0.25) is 29.3 Å². The van der Waals surface area contributed by atoms with Crippen LogP contribution in [-0.4, -0.2) is 49.2 Å². The summed E-state index contributed by atoms with van der Waals surface area (Å²) in [5.74, 6) is -1.42. The lowest BCUT2D eigenvalue weighted by Crippen LogP contribution is -2.27. The maximum absolute atomic E-state index is 12.3. The third-order valence-corrected chi connectivity index (χ3v) is 6.74. The number of H-pyrrole nitrogens is 1. The summed E-state index contributed by atoms with van der Waals surface area (Å²) in [6, 6.07) is 1.48. The first-order valence-electron chi connectivity index (χ1n) is 11.0. The number of carbonyl (C=O) groups excluding carboxylic acids is 4. The molecule has 0 unspecified atom stereocenters. The van der Waals surface area contributed by atoms with E-state index in [-0.39, 0.29) is 51.9 Å². The minimum Gasteiger partial charge on any atom is -0.292 e. The Kier molecular flexibility index (Phi) is 5.28. The Labute approximate surface area is 207 Å². The van der Waals surface area contributed by atoms with E-state index in [1.165, 1.54) is 6.07 Å². The quantitative estimate of drug-likeness (QED) is 0.390. The highest BCUT2D eigenvalue weighted by Gasteiger charge is 2.40. The average molecular weight is 499 g/mol. The minimum atomic E-state index is -0.654. The highest BCUT2D eigenvalue weighted by Crippen LogP contribution is 2.38. The number of hydrogen-bond acceptors (Lipinski definition) is 11. The Morgan fingerprint density at radius 3 is 2.35 bits per heavy atom. The van der Waals surface area contributed by atoms with Crippen molar-refractivity contribution < 1.29 is 24.1 Å². The molecular weight excluding hydrogens is 482 g/mol. The highest BCUT2D eigenvalue weighted by molar-refractivity contribution is 6.49. The summed E-state index contributed by atoms with van der Waals surface area (Å²) in [6.07, 6.45) is 1.79. The van der Waals surface area contributed by atoms with E-state index in [9.17, 15) is 29.3 Å². The standard InChI is InChI=1S/C12H8N4O4.C12H9N3O2/c1-4-3-6-7(10(5(4)2)16(19)20)12(18)9-8(11(6)17)13-15-14-9;1-5-3-8(16)10-7(6(5)2)4-9(17)11-12(10)14-15-13-11/h3H,1-2H3,(H,13,14,15);3H,4H2,1-2H3. The number of ketones is 4. The molecule has 0 saturated carbocycles. The van der Waals surface area contributed by atoms with E-state index >= 15 is 0 Å². The van der Waals surface area contributed by atoms with Crippen molar-refractivity contribution in [3.05, 3.63) is 83.9 Å². The fraction of sp³-hybridized carbons (Fsp3) is 0.208. The van der Waals surface area contributed by atoms with E-state index < -0.39 is 16.5 Å². The van der Waals surface area contributed by atoms with Gasteiger partial charge in [0.15, 0.2) is 28.7 Å². The molecule has 1 aromatic heterocycles. The van der Waals surface area contributed by atoms with Gasteiger partial charge in [0.05, 0.1) is 10.5 Å². The van der Waals surface area contributed by atoms with E-state index in [2.05, 4.69) is 30.8 Å². The summed E-state index contributed by atoms with van der Waals surface area (Å²) in [5, 5.41) is 31.7. The van der Waals surface area contributed by atoms with Crippen molar-refractivity contribution in [1.29, 1.82) is 0 Å². The first-order chi connectivity index (χ1) is 17.5. The molecule has 2 aromatic rings. The zero-order chi connectivity index (χ0) is 26.8. The number of rotatable bonds is 1. The van der Waals surface area contributed by atoms with Crippen molar-refractivity contribution >= 4 is 34.5 Å². The van der Waals surface area contributed by atoms with Crippen LogP contribution >= 0.6 is 0 Å². The van der Waals surface area contributed by atoms with Gasteiger partial charge in [0, 0.05) is 17.5 Å². The van der Waals surface area contributed by atoms with Crippen molar-refractivity contribution in [3.8, 4) is 0 Å². The number of fused-ring (bicyclic) bond motifs is 4. The Bertz CT molecular complexity index is 1680. The van der Waals surface area contributed by atoms with E-state index in [1.54, 1.807) is 19.9 Å². The van der Waals surface area contributed by atoms with E-state index in [0.29, 0.717) is 22.4 Å². The summed E-state index contributed by atoms with van der Waals surface area (Å²) in [5.41, 5.74) is 3.82. The number of nitro groups is 1. The molecule has 4 aliphatic rings. The van der Waals surface area contributed by atoms with Gasteiger partial charge >= 0.3 is 0 Å². The van der Waals surface area contributed by atoms with Gasteiger partial charge in [0.1, 0.15) is 11.3 Å². The van der Waals surface area contributed by atoms with Gasteiger partial charge in [0.2, 0.25) is 11.6 Å². The van der Waals surface area contributed by atoms with Crippen molar-refractivity contribution in [2.45, 2.75) is 34.1 Å². The molecule has 1 aliphatic heterocycles. The average Bonchev–Trinajstić information content (AvgIpc) is 3.53. The smallest absolute Gasteiger partial charge is 0.284 e. The maximum Gasteiger partial charge on any atom is 0.284 e. The van der Waals surface area contributed by atoms with Crippen LogP contribution in [0.3, 0.4) is 0 Å². The maximum atomic E-state index is 12.3. The van der Waals surface area contributed by atoms with Crippen LogP contribution in [0.15, 0.2) is 55.6 Å². The number of aryl methyl sites for hydroxylation is 1. The minimum absolute atomic E-state index is 0.00574. The van der Waals surface area contributed by atoms with Crippen molar-refractivity contribution in [1.82, 2.24) is 15.4 Å². The Balaban J connectivity index is 0.000000153. The van der Waals surface area contributed by atoms with Gasteiger partial charge in [0.25, 0.3) is 5.69 Å². The largest absolute Gasteiger partial charge is 0.292 e. The van der Waals surface area contributed by atoms with E-state index in [0.717, 1.165) is 16.7 Å². The summed E-state index contributed by atoms with van der Waals surface area (Å²) in [6.45, 7) is 6.98. The fourth-order valence-electron chi connectivity index (χ4n) is 4.57. The molecule has 1 aromatic carbocycles. The number of aromatic amines is 1. The molecule has 0 amide bonds. The molecule has 13 nitrogen and oxygen atoms in total. The lowest BCUT2D eigenvalue weighted by molar-refractivity contribution is -0.385. The second kappa shape index (κ2) is 8.26. The van der Waals surface area contributed by atoms with Crippen molar-refractivity contribution in [3.63, 3.8) is 0 Å². The molecule has 1 N–H and O–H groups in total. The van der Waals surface area contributed by atoms with Crippen LogP contribution in [0.2, 0.25) is 0 Å². The van der Waals surface area contributed by atoms with Gasteiger partial charge in [-0.2, -0.15) is 15.4 Å². The van der Waals surface area contributed by atoms with Crippen LogP contribution in [0.1, 0.15) is 63.5 Å². The van der Waals surface area contributed by atoms with Crippen LogP contribution in [0.25, 0.3) is 0 Å². The Morgan fingerprint density at radius 2 is 1.68 bits per heavy atom. The SMILES string of the molecule is CC1=CC(=O)C2=C3N=NN=C3C(=O)CC2=C1C.Cc1cc2c(c([N+](=O)[O-])c1C)C(=O)c1n[nH]nc1C2=O. The molecular formula is C24H17N7O6. The zero-order valence-electron chi connectivity index (χ0n) is 20.0. The Morgan fingerprint density at radius 1 is 1.00 bits per heavy atom. The van der Waals surface area contributed by atoms with Crippen LogP contribution in [-0.2, 0) is 9.59 Å². The molecule has 13 heteroatoms. The monoisotopic (exact) mass is 499 g/mol. The van der Waals surface area contributed by atoms with E-state index in [4.69, 9.17) is 0 Å². The summed E-state index contributed by atoms with van der Waals surface area (Å²) >= 11 is 0. The molecule has 3 aliphatic carbocycles. The molecule has 0 spiro atoms. The number of benzene rings is 1. The molecule has 0 atom stereocenters. The second-order valence-corrected chi connectivity index (χ2v) is 8.78. The summed E-state index contributed by atoms with van der Waals surface area (Å²) in [7, 11) is 0. The molecule has 2 heterocycles. The first kappa shape index (κ1) is 23.7. The third-order valence-electron chi connectivity index (χ3n) is 6.74. The molecule has 6 rings (SSSR count). The van der Waals surface area contributed by atoms with Gasteiger partial charge in [-0.15, -0.1) is 10.2 Å². The Hall–Kier alpha value is -5.07. The third kappa shape index (κ3) is 3.43. The topological polar surface area (TPSA) is 190 Å². The van der Waals surface area contributed by atoms with Crippen LogP contribution in [0.4, 0.5) is 5.69 Å². The van der Waals surface area contributed by atoms with Gasteiger partial charge < -0.3 is 0 Å². The van der Waals surface area contributed by atoms with Crippen LogP contribution < -0.4 is 0 Å². The lowest BCUT2D eigenvalue weighted by Gasteiger charge is -2.23. The molecule has 0 saturated heterocycles. The van der Waals surface area contributed by atoms with E-state index in [1.807, 2.05) is 13.8 Å². The molecule has 0 radical (unpaired) electrons. The van der Waals surface area contributed by atoms with Gasteiger partial charge in [-0.25, -0.2) is 0 Å².